The molecule has 1 atom stereocenters. The number of imide groups is 2. The second kappa shape index (κ2) is 7.35. The minimum absolute atomic E-state index is 0.339. The molecule has 2 aromatic rings. The normalized spacial score (nSPS) is 15.3. The molecule has 0 spiro atoms. The van der Waals surface area contributed by atoms with E-state index in [2.05, 4.69) is 0 Å². The lowest BCUT2D eigenvalue weighted by atomic mass is 10.3. The number of rotatable bonds is 4. The maximum Gasteiger partial charge on any atom is 0.338 e. The number of hydrogen-bond donors (Lipinski definition) is 0. The van der Waals surface area contributed by atoms with Crippen LogP contribution < -0.4 is 9.64 Å². The Bertz CT molecular complexity index is 852. The number of halogens is 2. The van der Waals surface area contributed by atoms with Gasteiger partial charge in [0.25, 0.3) is 11.8 Å². The zero-order valence-electron chi connectivity index (χ0n) is 13.7. The van der Waals surface area contributed by atoms with Crippen molar-refractivity contribution >= 4 is 46.7 Å². The van der Waals surface area contributed by atoms with Gasteiger partial charge in [-0.3, -0.25) is 14.5 Å². The van der Waals surface area contributed by atoms with Gasteiger partial charge in [0.15, 0.2) is 6.10 Å². The van der Waals surface area contributed by atoms with E-state index in [1.165, 1.54) is 6.92 Å². The summed E-state index contributed by atoms with van der Waals surface area (Å²) in [4.78, 5) is 39.2. The Kier molecular flexibility index (Phi) is 5.15. The molecule has 3 rings (SSSR count). The summed E-state index contributed by atoms with van der Waals surface area (Å²) >= 11 is 11.6. The van der Waals surface area contributed by atoms with Gasteiger partial charge in [-0.05, 0) is 55.5 Å². The van der Waals surface area contributed by atoms with Crippen molar-refractivity contribution in [3.05, 3.63) is 58.6 Å². The predicted molar refractivity (Wildman–Crippen MR) is 97.6 cm³/mol. The Balaban J connectivity index is 1.73. The molecule has 0 bridgehead atoms. The van der Waals surface area contributed by atoms with Crippen molar-refractivity contribution in [3.8, 4) is 5.75 Å². The zero-order valence-corrected chi connectivity index (χ0v) is 15.2. The predicted octanol–water partition coefficient (Wildman–Crippen LogP) is 3.76. The molecule has 0 aromatic heterocycles. The first-order valence-electron chi connectivity index (χ1n) is 7.73. The Morgan fingerprint density at radius 2 is 1.54 bits per heavy atom. The van der Waals surface area contributed by atoms with Gasteiger partial charge in [0, 0.05) is 10.0 Å². The van der Waals surface area contributed by atoms with E-state index >= 15 is 0 Å². The molecule has 1 aliphatic heterocycles. The average molecular weight is 393 g/mol. The highest BCUT2D eigenvalue weighted by atomic mass is 35.5. The van der Waals surface area contributed by atoms with Crippen molar-refractivity contribution in [1.29, 1.82) is 0 Å². The second-order valence-electron chi connectivity index (χ2n) is 5.63. The summed E-state index contributed by atoms with van der Waals surface area (Å²) < 4.78 is 5.53. The van der Waals surface area contributed by atoms with Crippen LogP contribution in [-0.2, 0) is 9.59 Å². The molecule has 4 amide bonds. The van der Waals surface area contributed by atoms with Gasteiger partial charge in [-0.25, -0.2) is 9.69 Å². The van der Waals surface area contributed by atoms with E-state index in [4.69, 9.17) is 27.9 Å². The number of amides is 4. The summed E-state index contributed by atoms with van der Waals surface area (Å²) in [5, 5.41) is 1.01. The molecule has 1 unspecified atom stereocenters. The molecule has 1 heterocycles. The van der Waals surface area contributed by atoms with Gasteiger partial charge >= 0.3 is 6.03 Å². The van der Waals surface area contributed by atoms with Gasteiger partial charge in [-0.15, -0.1) is 0 Å². The van der Waals surface area contributed by atoms with E-state index < -0.39 is 23.9 Å². The fourth-order valence-electron chi connectivity index (χ4n) is 2.50. The largest absolute Gasteiger partial charge is 0.481 e. The number of benzene rings is 2. The van der Waals surface area contributed by atoms with Gasteiger partial charge in [0.2, 0.25) is 0 Å². The number of anilines is 1. The number of ether oxygens (including phenoxy) is 1. The Hall–Kier alpha value is -2.57. The highest BCUT2D eigenvalue weighted by molar-refractivity contribution is 6.31. The highest BCUT2D eigenvalue weighted by Crippen LogP contribution is 2.24. The van der Waals surface area contributed by atoms with Gasteiger partial charge < -0.3 is 4.74 Å². The second-order valence-corrected chi connectivity index (χ2v) is 6.50. The zero-order chi connectivity index (χ0) is 18.8. The number of carbonyl (C=O) groups excluding carboxylic acids is 3. The van der Waals surface area contributed by atoms with E-state index in [0.29, 0.717) is 21.5 Å². The monoisotopic (exact) mass is 392 g/mol. The molecule has 1 saturated heterocycles. The minimum Gasteiger partial charge on any atom is -0.481 e. The van der Waals surface area contributed by atoms with Gasteiger partial charge in [0.1, 0.15) is 12.3 Å². The molecular weight excluding hydrogens is 379 g/mol. The first-order chi connectivity index (χ1) is 12.4. The van der Waals surface area contributed by atoms with Crippen LogP contribution in [0.4, 0.5) is 10.5 Å². The van der Waals surface area contributed by atoms with Crippen molar-refractivity contribution in [3.63, 3.8) is 0 Å². The van der Waals surface area contributed by atoms with E-state index in [0.717, 1.165) is 9.80 Å². The van der Waals surface area contributed by atoms with Gasteiger partial charge in [-0.1, -0.05) is 23.2 Å². The first kappa shape index (κ1) is 18.2. The van der Waals surface area contributed by atoms with Crippen LogP contribution in [0.1, 0.15) is 6.92 Å². The minimum atomic E-state index is -0.946. The van der Waals surface area contributed by atoms with Gasteiger partial charge in [0.05, 0.1) is 5.69 Å². The lowest BCUT2D eigenvalue weighted by molar-refractivity contribution is -0.135. The maximum absolute atomic E-state index is 12.6. The Labute approximate surface area is 159 Å². The van der Waals surface area contributed by atoms with Crippen LogP contribution in [0.2, 0.25) is 10.0 Å². The Morgan fingerprint density at radius 3 is 2.12 bits per heavy atom. The van der Waals surface area contributed by atoms with E-state index in [-0.39, 0.29) is 6.54 Å². The van der Waals surface area contributed by atoms with Crippen LogP contribution in [0.15, 0.2) is 48.5 Å². The molecule has 1 fully saturated rings. The fraction of sp³-hybridized carbons (Fsp3) is 0.167. The molecule has 0 radical (unpaired) electrons. The molecular formula is C18H14Cl2N2O4. The number of urea groups is 1. The average Bonchev–Trinajstić information content (AvgIpc) is 2.91. The van der Waals surface area contributed by atoms with Crippen LogP contribution in [-0.4, -0.2) is 35.4 Å². The van der Waals surface area contributed by atoms with Crippen LogP contribution in [0.5, 0.6) is 5.75 Å². The summed E-state index contributed by atoms with van der Waals surface area (Å²) in [6.45, 7) is 1.17. The SMILES string of the molecule is CC(Oc1ccc(Cl)cc1)C(=O)N1CC(=O)N(c2ccc(Cl)cc2)C1=O. The van der Waals surface area contributed by atoms with Crippen molar-refractivity contribution in [1.82, 2.24) is 4.90 Å². The summed E-state index contributed by atoms with van der Waals surface area (Å²) in [5.41, 5.74) is 0.353. The fourth-order valence-corrected chi connectivity index (χ4v) is 2.76. The topological polar surface area (TPSA) is 66.9 Å². The lowest BCUT2D eigenvalue weighted by Crippen LogP contribution is -2.43. The third-order valence-corrected chi connectivity index (χ3v) is 4.29. The smallest absolute Gasteiger partial charge is 0.338 e. The van der Waals surface area contributed by atoms with Crippen molar-refractivity contribution < 1.29 is 19.1 Å². The lowest BCUT2D eigenvalue weighted by Gasteiger charge is -2.20. The van der Waals surface area contributed by atoms with Crippen molar-refractivity contribution in [2.75, 3.05) is 11.4 Å². The van der Waals surface area contributed by atoms with Crippen molar-refractivity contribution in [2.45, 2.75) is 13.0 Å². The number of nitrogens with zero attached hydrogens (tertiary/aromatic N) is 2. The first-order valence-corrected chi connectivity index (χ1v) is 8.48. The van der Waals surface area contributed by atoms with E-state index in [1.54, 1.807) is 48.5 Å². The summed E-state index contributed by atoms with van der Waals surface area (Å²) in [6, 6.07) is 12.0. The molecule has 0 saturated carbocycles. The number of carbonyl (C=O) groups is 3. The molecule has 2 aromatic carbocycles. The molecule has 134 valence electrons. The van der Waals surface area contributed by atoms with Crippen LogP contribution >= 0.6 is 23.2 Å². The maximum atomic E-state index is 12.6. The van der Waals surface area contributed by atoms with E-state index in [9.17, 15) is 14.4 Å². The third-order valence-electron chi connectivity index (χ3n) is 3.79. The van der Waals surface area contributed by atoms with Crippen molar-refractivity contribution in [2.24, 2.45) is 0 Å². The molecule has 1 aliphatic rings. The quantitative estimate of drug-likeness (QED) is 0.742. The highest BCUT2D eigenvalue weighted by Gasteiger charge is 2.42. The third kappa shape index (κ3) is 3.66. The van der Waals surface area contributed by atoms with Crippen LogP contribution in [0, 0.1) is 0 Å². The van der Waals surface area contributed by atoms with Crippen LogP contribution in [0.25, 0.3) is 0 Å². The molecule has 0 aliphatic carbocycles. The summed E-state index contributed by atoms with van der Waals surface area (Å²) in [7, 11) is 0. The summed E-state index contributed by atoms with van der Waals surface area (Å²) in [5.74, 6) is -0.665. The molecule has 26 heavy (non-hydrogen) atoms. The molecule has 8 heteroatoms. The van der Waals surface area contributed by atoms with Gasteiger partial charge in [-0.2, -0.15) is 0 Å². The summed E-state index contributed by atoms with van der Waals surface area (Å²) in [6.07, 6.45) is -0.946. The standard InChI is InChI=1S/C18H14Cl2N2O4/c1-11(26-15-8-4-13(20)5-9-15)17(24)21-10-16(23)22(18(21)25)14-6-2-12(19)3-7-14/h2-9,11H,10H2,1H3. The number of hydrogen-bond acceptors (Lipinski definition) is 4. The van der Waals surface area contributed by atoms with Crippen LogP contribution in [0.3, 0.4) is 0 Å². The van der Waals surface area contributed by atoms with E-state index in [1.807, 2.05) is 0 Å². The molecule has 0 N–H and O–H groups in total. The molecule has 6 nitrogen and oxygen atoms in total. The Morgan fingerprint density at radius 1 is 1.00 bits per heavy atom.